The molecule has 1 aromatic carbocycles. The van der Waals surface area contributed by atoms with Crippen LogP contribution in [0.25, 0.3) is 6.08 Å². The molecule has 0 aliphatic heterocycles. The van der Waals surface area contributed by atoms with Gasteiger partial charge in [-0.2, -0.15) is 5.26 Å². The Hall–Kier alpha value is -2.91. The van der Waals surface area contributed by atoms with Crippen molar-refractivity contribution in [1.82, 2.24) is 0 Å². The Bertz CT molecular complexity index is 920. The molecule has 1 N–H and O–H groups in total. The van der Waals surface area contributed by atoms with Gasteiger partial charge in [0.2, 0.25) is 0 Å². The van der Waals surface area contributed by atoms with Crippen LogP contribution in [-0.4, -0.2) is 18.5 Å². The van der Waals surface area contributed by atoms with Crippen molar-refractivity contribution in [3.05, 3.63) is 57.5 Å². The molecule has 1 aromatic heterocycles. The van der Waals surface area contributed by atoms with Crippen molar-refractivity contribution in [2.45, 2.75) is 33.6 Å². The summed E-state index contributed by atoms with van der Waals surface area (Å²) in [5.41, 5.74) is 2.04. The first-order valence-electron chi connectivity index (χ1n) is 8.67. The van der Waals surface area contributed by atoms with Crippen molar-refractivity contribution >= 4 is 34.3 Å². The molecule has 0 fully saturated rings. The highest BCUT2D eigenvalue weighted by atomic mass is 32.1. The number of ether oxygens (including phenoxy) is 1. The lowest BCUT2D eigenvalue weighted by molar-refractivity contribution is -0.112. The normalized spacial score (nSPS) is 11.2. The zero-order valence-electron chi connectivity index (χ0n) is 15.8. The van der Waals surface area contributed by atoms with Crippen molar-refractivity contribution in [3.8, 4) is 6.07 Å². The van der Waals surface area contributed by atoms with E-state index in [1.807, 2.05) is 51.1 Å². The second-order valence-corrected chi connectivity index (χ2v) is 7.33. The summed E-state index contributed by atoms with van der Waals surface area (Å²) in [5, 5.41) is 12.5. The minimum atomic E-state index is -0.552. The summed E-state index contributed by atoms with van der Waals surface area (Å²) in [6, 6.07) is 11.2. The number of thiophene rings is 1. The topological polar surface area (TPSA) is 79.2 Å². The van der Waals surface area contributed by atoms with E-state index < -0.39 is 11.9 Å². The Morgan fingerprint density at radius 1 is 1.33 bits per heavy atom. The molecular formula is C21H22N2O3S. The molecule has 1 heterocycles. The monoisotopic (exact) mass is 382 g/mol. The van der Waals surface area contributed by atoms with Crippen LogP contribution in [-0.2, 0) is 9.53 Å². The van der Waals surface area contributed by atoms with E-state index in [9.17, 15) is 14.9 Å². The quantitative estimate of drug-likeness (QED) is 0.438. The zero-order chi connectivity index (χ0) is 20.0. The molecule has 0 aliphatic carbocycles. The minimum absolute atomic E-state index is 0.0291. The third kappa shape index (κ3) is 5.05. The number of carbonyl (C=O) groups is 2. The smallest absolute Gasteiger partial charge is 0.341 e. The van der Waals surface area contributed by atoms with E-state index in [1.165, 1.54) is 11.3 Å². The van der Waals surface area contributed by atoms with Gasteiger partial charge in [0, 0.05) is 4.88 Å². The Kier molecular flexibility index (Phi) is 6.91. The van der Waals surface area contributed by atoms with Crippen molar-refractivity contribution < 1.29 is 14.3 Å². The molecule has 0 aliphatic rings. The predicted octanol–water partition coefficient (Wildman–Crippen LogP) is 4.90. The molecule has 27 heavy (non-hydrogen) atoms. The fourth-order valence-electron chi connectivity index (χ4n) is 2.37. The van der Waals surface area contributed by atoms with Gasteiger partial charge >= 0.3 is 5.97 Å². The number of nitrogens with one attached hydrogen (secondary N) is 1. The summed E-state index contributed by atoms with van der Waals surface area (Å²) < 4.78 is 5.08. The second kappa shape index (κ2) is 9.15. The number of aryl methyl sites for hydroxylation is 1. The van der Waals surface area contributed by atoms with E-state index in [2.05, 4.69) is 5.32 Å². The van der Waals surface area contributed by atoms with E-state index in [1.54, 1.807) is 19.1 Å². The van der Waals surface area contributed by atoms with Crippen LogP contribution in [0.1, 0.15) is 53.1 Å². The molecule has 5 nitrogen and oxygen atoms in total. The van der Waals surface area contributed by atoms with Crippen LogP contribution in [0.2, 0.25) is 0 Å². The molecule has 0 atom stereocenters. The number of anilines is 1. The van der Waals surface area contributed by atoms with Crippen LogP contribution in [0.4, 0.5) is 5.00 Å². The van der Waals surface area contributed by atoms with Gasteiger partial charge in [-0.3, -0.25) is 4.79 Å². The molecule has 0 radical (unpaired) electrons. The third-order valence-corrected chi connectivity index (χ3v) is 5.25. The highest BCUT2D eigenvalue weighted by Crippen LogP contribution is 2.33. The van der Waals surface area contributed by atoms with E-state index in [0.717, 1.165) is 16.0 Å². The van der Waals surface area contributed by atoms with Gasteiger partial charge < -0.3 is 10.1 Å². The molecule has 1 amide bonds. The summed E-state index contributed by atoms with van der Waals surface area (Å²) in [7, 11) is 0. The Balaban J connectivity index is 2.34. The van der Waals surface area contributed by atoms with Crippen LogP contribution < -0.4 is 5.32 Å². The van der Waals surface area contributed by atoms with Crippen LogP contribution in [0.5, 0.6) is 0 Å². The first-order chi connectivity index (χ1) is 12.9. The number of carbonyl (C=O) groups excluding carboxylic acids is 2. The lowest BCUT2D eigenvalue weighted by Crippen LogP contribution is -2.15. The van der Waals surface area contributed by atoms with E-state index in [-0.39, 0.29) is 18.1 Å². The fraction of sp³-hybridized carbons (Fsp3) is 0.286. The number of nitriles is 1. The average Bonchev–Trinajstić information content (AvgIpc) is 3.05. The van der Waals surface area contributed by atoms with Crippen LogP contribution in [0.3, 0.4) is 0 Å². The molecule has 0 unspecified atom stereocenters. The largest absolute Gasteiger partial charge is 0.462 e. The van der Waals surface area contributed by atoms with Crippen molar-refractivity contribution in [2.75, 3.05) is 11.9 Å². The zero-order valence-corrected chi connectivity index (χ0v) is 16.6. The minimum Gasteiger partial charge on any atom is -0.462 e. The van der Waals surface area contributed by atoms with Crippen LogP contribution in [0, 0.1) is 18.3 Å². The molecule has 2 aromatic rings. The van der Waals surface area contributed by atoms with Crippen LogP contribution in [0.15, 0.2) is 35.9 Å². The molecule has 0 saturated carbocycles. The summed E-state index contributed by atoms with van der Waals surface area (Å²) >= 11 is 1.32. The maximum absolute atomic E-state index is 12.6. The van der Waals surface area contributed by atoms with Crippen molar-refractivity contribution in [2.24, 2.45) is 0 Å². The predicted molar refractivity (Wildman–Crippen MR) is 108 cm³/mol. The number of amides is 1. The molecule has 0 saturated heterocycles. The lowest BCUT2D eigenvalue weighted by atomic mass is 10.1. The number of rotatable bonds is 6. The van der Waals surface area contributed by atoms with Gasteiger partial charge in [0.05, 0.1) is 12.2 Å². The first-order valence-corrected chi connectivity index (χ1v) is 9.48. The number of esters is 1. The molecular weight excluding hydrogens is 360 g/mol. The Labute approximate surface area is 163 Å². The maximum Gasteiger partial charge on any atom is 0.341 e. The van der Waals surface area contributed by atoms with Gasteiger partial charge in [0.15, 0.2) is 0 Å². The van der Waals surface area contributed by atoms with Gasteiger partial charge in [0.25, 0.3) is 5.91 Å². The Morgan fingerprint density at radius 2 is 2.04 bits per heavy atom. The fourth-order valence-corrected chi connectivity index (χ4v) is 3.42. The van der Waals surface area contributed by atoms with Crippen LogP contribution >= 0.6 is 11.3 Å². The van der Waals surface area contributed by atoms with E-state index in [4.69, 9.17) is 4.74 Å². The van der Waals surface area contributed by atoms with Crippen molar-refractivity contribution in [1.29, 1.82) is 5.26 Å². The van der Waals surface area contributed by atoms with Gasteiger partial charge in [-0.05, 0) is 43.0 Å². The molecule has 0 spiro atoms. The summed E-state index contributed by atoms with van der Waals surface area (Å²) in [6.07, 6.45) is 1.55. The molecule has 0 bridgehead atoms. The number of hydrogen-bond acceptors (Lipinski definition) is 5. The van der Waals surface area contributed by atoms with E-state index in [0.29, 0.717) is 10.6 Å². The van der Waals surface area contributed by atoms with Gasteiger partial charge in [0.1, 0.15) is 16.6 Å². The highest BCUT2D eigenvalue weighted by molar-refractivity contribution is 7.16. The summed E-state index contributed by atoms with van der Waals surface area (Å²) in [5.74, 6) is -0.840. The SMILES string of the molecule is CCOC(=O)c1cc(C(C)C)sc1NC(=O)C(C#N)=Cc1ccccc1C. The third-order valence-electron chi connectivity index (χ3n) is 3.90. The molecule has 6 heteroatoms. The molecule has 2 rings (SSSR count). The Morgan fingerprint density at radius 3 is 2.63 bits per heavy atom. The standard InChI is InChI=1S/C21H22N2O3S/c1-5-26-21(25)17-11-18(13(2)3)27-20(17)23-19(24)16(12-22)10-15-9-7-6-8-14(15)4/h6-11,13H,5H2,1-4H3,(H,23,24). The lowest BCUT2D eigenvalue weighted by Gasteiger charge is -2.06. The summed E-state index contributed by atoms with van der Waals surface area (Å²) in [4.78, 5) is 25.8. The van der Waals surface area contributed by atoms with Gasteiger partial charge in [-0.25, -0.2) is 4.79 Å². The van der Waals surface area contributed by atoms with Gasteiger partial charge in [-0.1, -0.05) is 38.1 Å². The van der Waals surface area contributed by atoms with E-state index >= 15 is 0 Å². The molecule has 140 valence electrons. The maximum atomic E-state index is 12.6. The number of hydrogen-bond donors (Lipinski definition) is 1. The number of benzene rings is 1. The first kappa shape index (κ1) is 20.4. The number of nitrogens with zero attached hydrogens (tertiary/aromatic N) is 1. The van der Waals surface area contributed by atoms with Crippen molar-refractivity contribution in [3.63, 3.8) is 0 Å². The highest BCUT2D eigenvalue weighted by Gasteiger charge is 2.21. The average molecular weight is 382 g/mol. The van der Waals surface area contributed by atoms with Gasteiger partial charge in [-0.15, -0.1) is 11.3 Å². The second-order valence-electron chi connectivity index (χ2n) is 6.25. The summed E-state index contributed by atoms with van der Waals surface area (Å²) in [6.45, 7) is 7.89.